The number of imide groups is 1. The molecule has 1 aliphatic rings. The quantitative estimate of drug-likeness (QED) is 0.596. The van der Waals surface area contributed by atoms with Crippen molar-refractivity contribution in [2.24, 2.45) is 0 Å². The second kappa shape index (κ2) is 8.04. The van der Waals surface area contributed by atoms with Gasteiger partial charge in [-0.1, -0.05) is 12.1 Å². The first-order chi connectivity index (χ1) is 14.5. The van der Waals surface area contributed by atoms with E-state index in [9.17, 15) is 9.59 Å². The Kier molecular flexibility index (Phi) is 5.29. The molecule has 0 spiro atoms. The van der Waals surface area contributed by atoms with E-state index in [1.807, 2.05) is 30.5 Å². The summed E-state index contributed by atoms with van der Waals surface area (Å²) in [5.74, 6) is 0.344. The summed E-state index contributed by atoms with van der Waals surface area (Å²) >= 11 is 1.41. The molecule has 0 aliphatic carbocycles. The lowest BCUT2D eigenvalue weighted by Gasteiger charge is -2.19. The highest BCUT2D eigenvalue weighted by molar-refractivity contribution is 7.11. The molecule has 6 nitrogen and oxygen atoms in total. The predicted molar refractivity (Wildman–Crippen MR) is 118 cm³/mol. The molecule has 0 saturated carbocycles. The third-order valence-corrected chi connectivity index (χ3v) is 5.67. The maximum Gasteiger partial charge on any atom is 0.282 e. The van der Waals surface area contributed by atoms with E-state index >= 15 is 0 Å². The standard InChI is InChI=1S/C23H20N2O4S/c1-14-6-11-18(29-3)17(13-14)25-22(26)20(19-5-4-12-30-19)21(23(25)27)24-15-7-9-16(28-2)10-8-15/h4-13,24H,1-3H3. The average molecular weight is 420 g/mol. The highest BCUT2D eigenvalue weighted by atomic mass is 32.1. The third-order valence-electron chi connectivity index (χ3n) is 4.79. The van der Waals surface area contributed by atoms with Crippen molar-refractivity contribution in [3.63, 3.8) is 0 Å². The molecule has 4 rings (SSSR count). The summed E-state index contributed by atoms with van der Waals surface area (Å²) < 4.78 is 10.6. The van der Waals surface area contributed by atoms with Crippen LogP contribution in [0.1, 0.15) is 10.4 Å². The molecule has 0 unspecified atom stereocenters. The Morgan fingerprint density at radius 1 is 0.933 bits per heavy atom. The normalized spacial score (nSPS) is 13.8. The monoisotopic (exact) mass is 420 g/mol. The van der Waals surface area contributed by atoms with Crippen molar-refractivity contribution in [3.8, 4) is 11.5 Å². The van der Waals surface area contributed by atoms with Crippen molar-refractivity contribution in [3.05, 3.63) is 76.1 Å². The van der Waals surface area contributed by atoms with Gasteiger partial charge in [0.15, 0.2) is 0 Å². The van der Waals surface area contributed by atoms with E-state index < -0.39 is 5.91 Å². The maximum atomic E-state index is 13.4. The fourth-order valence-electron chi connectivity index (χ4n) is 3.31. The zero-order valence-electron chi connectivity index (χ0n) is 16.8. The van der Waals surface area contributed by atoms with Crippen LogP contribution in [0.25, 0.3) is 5.57 Å². The van der Waals surface area contributed by atoms with Crippen LogP contribution in [-0.2, 0) is 9.59 Å². The molecule has 0 bridgehead atoms. The summed E-state index contributed by atoms with van der Waals surface area (Å²) in [6.07, 6.45) is 0. The molecular weight excluding hydrogens is 400 g/mol. The van der Waals surface area contributed by atoms with Crippen molar-refractivity contribution in [2.45, 2.75) is 6.92 Å². The van der Waals surface area contributed by atoms with Crippen LogP contribution in [0.2, 0.25) is 0 Å². The van der Waals surface area contributed by atoms with E-state index in [-0.39, 0.29) is 11.6 Å². The number of amides is 2. The molecule has 2 heterocycles. The predicted octanol–water partition coefficient (Wildman–Crippen LogP) is 4.47. The minimum atomic E-state index is -0.428. The fourth-order valence-corrected chi connectivity index (χ4v) is 4.08. The Labute approximate surface area is 178 Å². The highest BCUT2D eigenvalue weighted by Gasteiger charge is 2.41. The topological polar surface area (TPSA) is 67.9 Å². The van der Waals surface area contributed by atoms with Crippen LogP contribution >= 0.6 is 11.3 Å². The number of hydrogen-bond donors (Lipinski definition) is 1. The van der Waals surface area contributed by atoms with Gasteiger partial charge in [0.05, 0.1) is 25.5 Å². The van der Waals surface area contributed by atoms with E-state index in [1.54, 1.807) is 43.5 Å². The number of carbonyl (C=O) groups excluding carboxylic acids is 2. The molecule has 3 aromatic rings. The van der Waals surface area contributed by atoms with Crippen LogP contribution in [-0.4, -0.2) is 26.0 Å². The summed E-state index contributed by atoms with van der Waals surface area (Å²) in [6, 6.07) is 16.3. The lowest BCUT2D eigenvalue weighted by atomic mass is 10.1. The number of thiophene rings is 1. The number of anilines is 2. The van der Waals surface area contributed by atoms with E-state index in [0.29, 0.717) is 28.4 Å². The van der Waals surface area contributed by atoms with E-state index in [2.05, 4.69) is 5.32 Å². The van der Waals surface area contributed by atoms with Crippen molar-refractivity contribution in [2.75, 3.05) is 24.4 Å². The van der Waals surface area contributed by atoms with Crippen LogP contribution in [0.5, 0.6) is 11.5 Å². The van der Waals surface area contributed by atoms with Crippen molar-refractivity contribution in [1.82, 2.24) is 0 Å². The first-order valence-electron chi connectivity index (χ1n) is 9.26. The number of benzene rings is 2. The van der Waals surface area contributed by atoms with Crippen LogP contribution in [0.3, 0.4) is 0 Å². The zero-order valence-corrected chi connectivity index (χ0v) is 17.6. The third kappa shape index (κ3) is 3.44. The molecule has 1 aliphatic heterocycles. The summed E-state index contributed by atoms with van der Waals surface area (Å²) in [7, 11) is 3.11. The molecule has 1 aromatic heterocycles. The minimum absolute atomic E-state index is 0.233. The first kappa shape index (κ1) is 19.7. The molecule has 30 heavy (non-hydrogen) atoms. The lowest BCUT2D eigenvalue weighted by Crippen LogP contribution is -2.32. The van der Waals surface area contributed by atoms with Gasteiger partial charge in [-0.2, -0.15) is 0 Å². The summed E-state index contributed by atoms with van der Waals surface area (Å²) in [6.45, 7) is 1.90. The van der Waals surface area contributed by atoms with Crippen molar-refractivity contribution in [1.29, 1.82) is 0 Å². The molecule has 2 aromatic carbocycles. The van der Waals surface area contributed by atoms with Crippen LogP contribution in [0.4, 0.5) is 11.4 Å². The number of nitrogens with zero attached hydrogens (tertiary/aromatic N) is 1. The molecule has 0 radical (unpaired) electrons. The fraction of sp³-hybridized carbons (Fsp3) is 0.130. The van der Waals surface area contributed by atoms with E-state index in [0.717, 1.165) is 10.4 Å². The van der Waals surface area contributed by atoms with E-state index in [4.69, 9.17) is 9.47 Å². The SMILES string of the molecule is COc1ccc(NC2=C(c3cccs3)C(=O)N(c3cc(C)ccc3OC)C2=O)cc1. The molecule has 7 heteroatoms. The van der Waals surface area contributed by atoms with Crippen LogP contribution in [0.15, 0.2) is 65.7 Å². The minimum Gasteiger partial charge on any atom is -0.497 e. The highest BCUT2D eigenvalue weighted by Crippen LogP contribution is 2.39. The van der Waals surface area contributed by atoms with Gasteiger partial charge in [-0.25, -0.2) is 4.90 Å². The van der Waals surface area contributed by atoms with E-state index in [1.165, 1.54) is 23.3 Å². The van der Waals surface area contributed by atoms with Gasteiger partial charge >= 0.3 is 0 Å². The number of rotatable bonds is 6. The summed E-state index contributed by atoms with van der Waals surface area (Å²) in [5.41, 5.74) is 2.60. The van der Waals surface area contributed by atoms with Gasteiger partial charge < -0.3 is 14.8 Å². The summed E-state index contributed by atoms with van der Waals surface area (Å²) in [5, 5.41) is 5.02. The number of ether oxygens (including phenoxy) is 2. The first-order valence-corrected chi connectivity index (χ1v) is 10.1. The Bertz CT molecular complexity index is 1130. The number of hydrogen-bond acceptors (Lipinski definition) is 6. The van der Waals surface area contributed by atoms with Gasteiger partial charge in [-0.05, 0) is 60.3 Å². The molecular formula is C23H20N2O4S. The van der Waals surface area contributed by atoms with Gasteiger partial charge in [-0.3, -0.25) is 9.59 Å². The Morgan fingerprint density at radius 2 is 1.70 bits per heavy atom. The second-order valence-electron chi connectivity index (χ2n) is 6.70. The lowest BCUT2D eigenvalue weighted by molar-refractivity contribution is -0.120. The molecule has 1 N–H and O–H groups in total. The van der Waals surface area contributed by atoms with Gasteiger partial charge in [0.25, 0.3) is 11.8 Å². The zero-order chi connectivity index (χ0) is 21.3. The van der Waals surface area contributed by atoms with Gasteiger partial charge in [0.1, 0.15) is 17.2 Å². The molecule has 2 amide bonds. The maximum absolute atomic E-state index is 13.4. The van der Waals surface area contributed by atoms with Gasteiger partial charge in [0.2, 0.25) is 0 Å². The Hall–Kier alpha value is -3.58. The second-order valence-corrected chi connectivity index (χ2v) is 7.65. The molecule has 152 valence electrons. The number of aryl methyl sites for hydroxylation is 1. The van der Waals surface area contributed by atoms with Gasteiger partial charge in [-0.15, -0.1) is 11.3 Å². The average Bonchev–Trinajstić information content (AvgIpc) is 3.35. The van der Waals surface area contributed by atoms with Crippen molar-refractivity contribution < 1.29 is 19.1 Å². The molecule has 0 saturated heterocycles. The Balaban J connectivity index is 1.80. The van der Waals surface area contributed by atoms with Crippen LogP contribution < -0.4 is 19.7 Å². The number of carbonyl (C=O) groups is 2. The van der Waals surface area contributed by atoms with Crippen LogP contribution in [0, 0.1) is 6.92 Å². The summed E-state index contributed by atoms with van der Waals surface area (Å²) in [4.78, 5) is 28.8. The Morgan fingerprint density at radius 3 is 2.33 bits per heavy atom. The number of methoxy groups -OCH3 is 2. The smallest absolute Gasteiger partial charge is 0.282 e. The molecule has 0 fully saturated rings. The largest absolute Gasteiger partial charge is 0.497 e. The number of nitrogens with one attached hydrogen (secondary N) is 1. The van der Waals surface area contributed by atoms with Crippen molar-refractivity contribution >= 4 is 40.1 Å². The molecule has 0 atom stereocenters. The van der Waals surface area contributed by atoms with Gasteiger partial charge in [0, 0.05) is 10.6 Å².